The highest BCUT2D eigenvalue weighted by Gasteiger charge is 2.48. The Morgan fingerprint density at radius 3 is 2.56 bits per heavy atom. The van der Waals surface area contributed by atoms with Gasteiger partial charge < -0.3 is 10.8 Å². The Bertz CT molecular complexity index is 354. The van der Waals surface area contributed by atoms with E-state index in [2.05, 4.69) is 0 Å². The van der Waals surface area contributed by atoms with Gasteiger partial charge in [0, 0.05) is 12.0 Å². The number of aliphatic hydroxyl groups excluding tert-OH is 1. The van der Waals surface area contributed by atoms with Crippen molar-refractivity contribution in [3.05, 3.63) is 0 Å². The molecule has 2 rings (SSSR count). The van der Waals surface area contributed by atoms with Crippen LogP contribution >= 0.6 is 0 Å². The highest BCUT2D eigenvalue weighted by Crippen LogP contribution is 2.46. The average molecular weight is 247 g/mol. The van der Waals surface area contributed by atoms with Crippen molar-refractivity contribution in [1.29, 1.82) is 0 Å². The molecule has 2 aliphatic rings. The molecule has 4 nitrogen and oxygen atoms in total. The first-order valence-corrected chi connectivity index (χ1v) is 7.91. The van der Waals surface area contributed by atoms with Crippen LogP contribution in [0.1, 0.15) is 32.1 Å². The minimum absolute atomic E-state index is 0.0674. The monoisotopic (exact) mass is 247 g/mol. The zero-order valence-electron chi connectivity index (χ0n) is 9.56. The molecule has 0 aromatic carbocycles. The van der Waals surface area contributed by atoms with Gasteiger partial charge in [0.25, 0.3) is 0 Å². The van der Waals surface area contributed by atoms with E-state index in [0.29, 0.717) is 13.0 Å². The number of nitrogens with two attached hydrogens (primary N) is 1. The van der Waals surface area contributed by atoms with Crippen molar-refractivity contribution in [2.45, 2.75) is 38.2 Å². The van der Waals surface area contributed by atoms with Gasteiger partial charge in [-0.15, -0.1) is 0 Å². The van der Waals surface area contributed by atoms with Crippen LogP contribution in [0, 0.1) is 11.3 Å². The first-order valence-electron chi connectivity index (χ1n) is 6.09. The van der Waals surface area contributed by atoms with Crippen LogP contribution in [0.25, 0.3) is 0 Å². The number of aliphatic hydroxyl groups is 1. The number of sulfone groups is 1. The van der Waals surface area contributed by atoms with E-state index in [1.807, 2.05) is 0 Å². The molecule has 0 aromatic rings. The summed E-state index contributed by atoms with van der Waals surface area (Å²) in [6.45, 7) is 0.411. The van der Waals surface area contributed by atoms with Gasteiger partial charge in [0.1, 0.15) is 0 Å². The molecule has 1 heterocycles. The van der Waals surface area contributed by atoms with Crippen molar-refractivity contribution in [3.63, 3.8) is 0 Å². The summed E-state index contributed by atoms with van der Waals surface area (Å²) in [4.78, 5) is 0. The van der Waals surface area contributed by atoms with E-state index in [1.54, 1.807) is 0 Å². The zero-order chi connectivity index (χ0) is 11.8. The molecular formula is C11H21NO3S. The molecule has 0 amide bonds. The van der Waals surface area contributed by atoms with Gasteiger partial charge in [-0.3, -0.25) is 0 Å². The van der Waals surface area contributed by atoms with E-state index in [-0.39, 0.29) is 22.8 Å². The first kappa shape index (κ1) is 12.3. The van der Waals surface area contributed by atoms with E-state index >= 15 is 0 Å². The summed E-state index contributed by atoms with van der Waals surface area (Å²) in [5.74, 6) is 0.561. The smallest absolute Gasteiger partial charge is 0.150 e. The van der Waals surface area contributed by atoms with E-state index in [9.17, 15) is 13.5 Å². The molecule has 0 radical (unpaired) electrons. The van der Waals surface area contributed by atoms with Gasteiger partial charge in [-0.2, -0.15) is 0 Å². The average Bonchev–Trinajstić information content (AvgIpc) is 2.60. The summed E-state index contributed by atoms with van der Waals surface area (Å²) in [7, 11) is -2.88. The van der Waals surface area contributed by atoms with Crippen LogP contribution in [0.3, 0.4) is 0 Å². The van der Waals surface area contributed by atoms with Gasteiger partial charge >= 0.3 is 0 Å². The lowest BCUT2D eigenvalue weighted by Gasteiger charge is -2.44. The Kier molecular flexibility index (Phi) is 3.29. The molecule has 1 saturated carbocycles. The van der Waals surface area contributed by atoms with E-state index in [0.717, 1.165) is 25.7 Å². The molecule has 16 heavy (non-hydrogen) atoms. The van der Waals surface area contributed by atoms with E-state index in [4.69, 9.17) is 5.73 Å². The fourth-order valence-corrected chi connectivity index (χ4v) is 5.30. The second kappa shape index (κ2) is 4.27. The van der Waals surface area contributed by atoms with Crippen molar-refractivity contribution in [1.82, 2.24) is 0 Å². The lowest BCUT2D eigenvalue weighted by Crippen LogP contribution is -2.49. The highest BCUT2D eigenvalue weighted by atomic mass is 32.2. The minimum Gasteiger partial charge on any atom is -0.392 e. The molecule has 1 saturated heterocycles. The van der Waals surface area contributed by atoms with Gasteiger partial charge in [-0.1, -0.05) is 12.8 Å². The molecule has 3 N–H and O–H groups in total. The second-order valence-electron chi connectivity index (χ2n) is 5.30. The lowest BCUT2D eigenvalue weighted by atomic mass is 9.64. The van der Waals surface area contributed by atoms with Crippen molar-refractivity contribution in [2.75, 3.05) is 18.1 Å². The molecule has 0 spiro atoms. The van der Waals surface area contributed by atoms with Crippen molar-refractivity contribution in [3.8, 4) is 0 Å². The standard InChI is InChI=1S/C11H21NO3S/c12-8-11(5-2-1-3-10(11)13)9-4-6-16(14,15)7-9/h9-10,13H,1-8,12H2. The molecule has 3 unspecified atom stereocenters. The molecule has 0 bridgehead atoms. The largest absolute Gasteiger partial charge is 0.392 e. The summed E-state index contributed by atoms with van der Waals surface area (Å²) < 4.78 is 23.1. The third-order valence-electron chi connectivity index (χ3n) is 4.46. The SMILES string of the molecule is NCC1(C2CCS(=O)(=O)C2)CCCCC1O. The molecule has 2 fully saturated rings. The Morgan fingerprint density at radius 1 is 1.31 bits per heavy atom. The second-order valence-corrected chi connectivity index (χ2v) is 7.53. The van der Waals surface area contributed by atoms with Crippen molar-refractivity contribution >= 4 is 9.84 Å². The predicted molar refractivity (Wildman–Crippen MR) is 62.7 cm³/mol. The van der Waals surface area contributed by atoms with Crippen LogP contribution in [0.5, 0.6) is 0 Å². The van der Waals surface area contributed by atoms with E-state index in [1.165, 1.54) is 0 Å². The van der Waals surface area contributed by atoms with Crippen LogP contribution in [0.15, 0.2) is 0 Å². The Morgan fingerprint density at radius 2 is 2.06 bits per heavy atom. The van der Waals surface area contributed by atoms with Gasteiger partial charge in [0.05, 0.1) is 17.6 Å². The van der Waals surface area contributed by atoms with E-state index < -0.39 is 15.9 Å². The maximum atomic E-state index is 11.5. The summed E-state index contributed by atoms with van der Waals surface area (Å²) in [5, 5.41) is 10.2. The minimum atomic E-state index is -2.88. The fraction of sp³-hybridized carbons (Fsp3) is 1.00. The van der Waals surface area contributed by atoms with Gasteiger partial charge in [0.15, 0.2) is 9.84 Å². The molecule has 3 atom stereocenters. The maximum Gasteiger partial charge on any atom is 0.150 e. The highest BCUT2D eigenvalue weighted by molar-refractivity contribution is 7.91. The summed E-state index contributed by atoms with van der Waals surface area (Å²) in [5.41, 5.74) is 5.51. The van der Waals surface area contributed by atoms with Crippen LogP contribution in [0.2, 0.25) is 0 Å². The third-order valence-corrected chi connectivity index (χ3v) is 6.23. The van der Waals surface area contributed by atoms with Crippen LogP contribution in [0.4, 0.5) is 0 Å². The molecule has 0 aromatic heterocycles. The van der Waals surface area contributed by atoms with Crippen LogP contribution in [-0.4, -0.2) is 37.7 Å². The third kappa shape index (κ3) is 2.00. The number of rotatable bonds is 2. The summed E-state index contributed by atoms with van der Waals surface area (Å²) in [6.07, 6.45) is 4.01. The Balaban J connectivity index is 2.21. The summed E-state index contributed by atoms with van der Waals surface area (Å²) >= 11 is 0. The zero-order valence-corrected chi connectivity index (χ0v) is 10.4. The van der Waals surface area contributed by atoms with Crippen molar-refractivity contribution < 1.29 is 13.5 Å². The fourth-order valence-electron chi connectivity index (χ4n) is 3.38. The maximum absolute atomic E-state index is 11.5. The van der Waals surface area contributed by atoms with Crippen LogP contribution in [-0.2, 0) is 9.84 Å². The van der Waals surface area contributed by atoms with Crippen LogP contribution < -0.4 is 5.73 Å². The molecule has 5 heteroatoms. The predicted octanol–water partition coefficient (Wildman–Crippen LogP) is 0.301. The molecule has 1 aliphatic heterocycles. The van der Waals surface area contributed by atoms with Crippen molar-refractivity contribution in [2.24, 2.45) is 17.1 Å². The number of hydrogen-bond donors (Lipinski definition) is 2. The van der Waals surface area contributed by atoms with Gasteiger partial charge in [0.2, 0.25) is 0 Å². The quantitative estimate of drug-likeness (QED) is 0.735. The normalized spacial score (nSPS) is 43.4. The summed E-state index contributed by atoms with van der Waals surface area (Å²) in [6, 6.07) is 0. The Labute approximate surface area is 97.1 Å². The van der Waals surface area contributed by atoms with Gasteiger partial charge in [-0.05, 0) is 25.2 Å². The van der Waals surface area contributed by atoms with Gasteiger partial charge in [-0.25, -0.2) is 8.42 Å². The molecule has 1 aliphatic carbocycles. The molecule has 94 valence electrons. The topological polar surface area (TPSA) is 80.4 Å². The number of hydrogen-bond acceptors (Lipinski definition) is 4. The molecular weight excluding hydrogens is 226 g/mol. The first-order chi connectivity index (χ1) is 7.50. The lowest BCUT2D eigenvalue weighted by molar-refractivity contribution is -0.0400. The Hall–Kier alpha value is -0.130.